The molecular weight excluding hydrogens is 528 g/mol. The van der Waals surface area contributed by atoms with E-state index in [2.05, 4.69) is 58.9 Å². The quantitative estimate of drug-likeness (QED) is 0.194. The Bertz CT molecular complexity index is 1500. The number of anilines is 3. The van der Waals surface area contributed by atoms with Gasteiger partial charge in [-0.1, -0.05) is 32.9 Å². The fraction of sp³-hybridized carbons (Fsp3) is 0.241. The fourth-order valence-electron chi connectivity index (χ4n) is 3.77. The summed E-state index contributed by atoms with van der Waals surface area (Å²) in [6.45, 7) is 8.44. The molecule has 0 radical (unpaired) electrons. The molecule has 4 rings (SSSR count). The maximum absolute atomic E-state index is 13.0. The highest BCUT2D eigenvalue weighted by Gasteiger charge is 2.16. The molecule has 0 bridgehead atoms. The van der Waals surface area contributed by atoms with Gasteiger partial charge in [0.15, 0.2) is 0 Å². The molecule has 3 amide bonds. The van der Waals surface area contributed by atoms with Crippen LogP contribution in [0.15, 0.2) is 78.0 Å². The third-order valence-electron chi connectivity index (χ3n) is 5.73. The maximum Gasteiger partial charge on any atom is 0.412 e. The molecule has 0 unspecified atom stereocenters. The zero-order chi connectivity index (χ0) is 28.7. The van der Waals surface area contributed by atoms with E-state index >= 15 is 0 Å². The second-order valence-electron chi connectivity index (χ2n) is 9.69. The minimum absolute atomic E-state index is 0.0164. The molecule has 0 aliphatic heterocycles. The minimum atomic E-state index is -0.591. The van der Waals surface area contributed by atoms with Crippen LogP contribution in [0.4, 0.5) is 26.9 Å². The van der Waals surface area contributed by atoms with Gasteiger partial charge in [-0.25, -0.2) is 19.3 Å². The van der Waals surface area contributed by atoms with Crippen LogP contribution in [0.25, 0.3) is 5.69 Å². The third kappa shape index (κ3) is 7.32. The average molecular weight is 561 g/mol. The van der Waals surface area contributed by atoms with E-state index in [0.29, 0.717) is 28.8 Å². The number of hydrogen-bond acceptors (Lipinski definition) is 7. The van der Waals surface area contributed by atoms with E-state index in [1.54, 1.807) is 48.1 Å². The number of urea groups is 1. The number of nitrogens with zero attached hydrogens (tertiary/aromatic N) is 3. The molecule has 4 aromatic rings. The molecule has 0 aliphatic carbocycles. The first-order valence-electron chi connectivity index (χ1n) is 12.6. The molecule has 0 saturated carbocycles. The number of carbonyl (C=O) groups excluding carboxylic acids is 2. The van der Waals surface area contributed by atoms with Crippen LogP contribution in [-0.4, -0.2) is 39.8 Å². The number of rotatable bonds is 8. The number of hydrogen-bond donors (Lipinski definition) is 3. The van der Waals surface area contributed by atoms with Crippen LogP contribution >= 0.6 is 11.8 Å². The number of pyridine rings is 1. The molecule has 11 heteroatoms. The number of benzene rings is 2. The summed E-state index contributed by atoms with van der Waals surface area (Å²) in [5, 5.41) is 12.8. The van der Waals surface area contributed by atoms with E-state index in [0.717, 1.165) is 10.6 Å². The van der Waals surface area contributed by atoms with Gasteiger partial charge in [0, 0.05) is 23.2 Å². The van der Waals surface area contributed by atoms with Crippen LogP contribution in [0.2, 0.25) is 0 Å². The lowest BCUT2D eigenvalue weighted by Gasteiger charge is -2.20. The largest absolute Gasteiger partial charge is 0.457 e. The van der Waals surface area contributed by atoms with Gasteiger partial charge < -0.3 is 14.8 Å². The number of aromatic nitrogens is 3. The topological polar surface area (TPSA) is 119 Å². The van der Waals surface area contributed by atoms with E-state index in [1.807, 2.05) is 24.5 Å². The van der Waals surface area contributed by atoms with Gasteiger partial charge in [0.2, 0.25) is 0 Å². The van der Waals surface area contributed by atoms with Gasteiger partial charge in [-0.3, -0.25) is 10.6 Å². The van der Waals surface area contributed by atoms with Crippen molar-refractivity contribution in [3.63, 3.8) is 0 Å². The van der Waals surface area contributed by atoms with Crippen LogP contribution in [0.3, 0.4) is 0 Å². The van der Waals surface area contributed by atoms with Crippen molar-refractivity contribution in [2.45, 2.75) is 38.0 Å². The van der Waals surface area contributed by atoms with E-state index in [-0.39, 0.29) is 12.0 Å². The van der Waals surface area contributed by atoms with Gasteiger partial charge in [0.25, 0.3) is 0 Å². The van der Waals surface area contributed by atoms with Crippen molar-refractivity contribution in [2.75, 3.05) is 28.8 Å². The Morgan fingerprint density at radius 3 is 2.50 bits per heavy atom. The number of nitrogens with one attached hydrogen (secondary N) is 3. The van der Waals surface area contributed by atoms with Gasteiger partial charge in [-0.15, -0.1) is 11.8 Å². The van der Waals surface area contributed by atoms with Crippen molar-refractivity contribution in [1.82, 2.24) is 14.8 Å². The standard InChI is InChI=1S/C29H32N6O4S/c1-6-38-28(37)33-25-18-22(12-14-30-25)39-21-10-11-23(24(17-21)40-5)32-27(36)34-26-13-15-31-35(26)20-9-7-8-19(16-20)29(2,3)4/h7-18H,6H2,1-5H3,(H,30,33,37)(H2,32,34,36). The maximum atomic E-state index is 13.0. The predicted octanol–water partition coefficient (Wildman–Crippen LogP) is 7.29. The molecule has 3 N–H and O–H groups in total. The number of amides is 3. The Morgan fingerprint density at radius 1 is 0.950 bits per heavy atom. The summed E-state index contributed by atoms with van der Waals surface area (Å²) >= 11 is 1.47. The molecular formula is C29H32N6O4S. The van der Waals surface area contributed by atoms with Crippen molar-refractivity contribution in [2.24, 2.45) is 0 Å². The molecule has 2 aromatic carbocycles. The first kappa shape index (κ1) is 28.5. The van der Waals surface area contributed by atoms with Crippen molar-refractivity contribution < 1.29 is 19.1 Å². The van der Waals surface area contributed by atoms with Gasteiger partial charge >= 0.3 is 12.1 Å². The van der Waals surface area contributed by atoms with Crippen molar-refractivity contribution in [3.05, 3.63) is 78.6 Å². The summed E-state index contributed by atoms with van der Waals surface area (Å²) < 4.78 is 12.5. The summed E-state index contributed by atoms with van der Waals surface area (Å²) in [5.74, 6) is 1.89. The van der Waals surface area contributed by atoms with Gasteiger partial charge in [-0.2, -0.15) is 5.10 Å². The summed E-state index contributed by atoms with van der Waals surface area (Å²) in [6.07, 6.45) is 4.49. The number of ether oxygens (including phenoxy) is 2. The molecule has 0 saturated heterocycles. The summed E-state index contributed by atoms with van der Waals surface area (Å²) in [5.41, 5.74) is 2.63. The Kier molecular flexibility index (Phi) is 8.95. The molecule has 208 valence electrons. The molecule has 0 spiro atoms. The Balaban J connectivity index is 1.44. The van der Waals surface area contributed by atoms with Crippen LogP contribution in [-0.2, 0) is 10.2 Å². The van der Waals surface area contributed by atoms with Crippen molar-refractivity contribution in [1.29, 1.82) is 0 Å². The van der Waals surface area contributed by atoms with E-state index < -0.39 is 12.1 Å². The molecule has 0 atom stereocenters. The zero-order valence-electron chi connectivity index (χ0n) is 23.0. The second-order valence-corrected chi connectivity index (χ2v) is 10.5. The first-order valence-corrected chi connectivity index (χ1v) is 13.9. The van der Waals surface area contributed by atoms with E-state index in [4.69, 9.17) is 9.47 Å². The number of carbonyl (C=O) groups is 2. The SMILES string of the molecule is CCOC(=O)Nc1cc(Oc2ccc(NC(=O)Nc3ccnn3-c3cccc(C(C)(C)C)c3)c(SC)c2)ccn1. The summed E-state index contributed by atoms with van der Waals surface area (Å²) in [6, 6.07) is 18.0. The lowest BCUT2D eigenvalue weighted by molar-refractivity contribution is 0.168. The summed E-state index contributed by atoms with van der Waals surface area (Å²) in [4.78, 5) is 29.5. The van der Waals surface area contributed by atoms with Crippen LogP contribution in [0, 0.1) is 0 Å². The highest BCUT2D eigenvalue weighted by molar-refractivity contribution is 7.98. The van der Waals surface area contributed by atoms with E-state index in [9.17, 15) is 9.59 Å². The average Bonchev–Trinajstić information content (AvgIpc) is 3.37. The van der Waals surface area contributed by atoms with Crippen LogP contribution in [0.5, 0.6) is 11.5 Å². The minimum Gasteiger partial charge on any atom is -0.457 e. The number of thioether (sulfide) groups is 1. The Labute approximate surface area is 237 Å². The molecule has 2 heterocycles. The fourth-order valence-corrected chi connectivity index (χ4v) is 4.34. The summed E-state index contributed by atoms with van der Waals surface area (Å²) in [7, 11) is 0. The molecule has 2 aromatic heterocycles. The second kappa shape index (κ2) is 12.6. The van der Waals surface area contributed by atoms with Gasteiger partial charge in [0.1, 0.15) is 23.1 Å². The first-order chi connectivity index (χ1) is 19.2. The van der Waals surface area contributed by atoms with Crippen molar-refractivity contribution in [3.8, 4) is 17.2 Å². The lowest BCUT2D eigenvalue weighted by atomic mass is 9.87. The highest BCUT2D eigenvalue weighted by atomic mass is 32.2. The Morgan fingerprint density at radius 2 is 1.75 bits per heavy atom. The van der Waals surface area contributed by atoms with Gasteiger partial charge in [-0.05, 0) is 60.6 Å². The normalized spacial score (nSPS) is 11.0. The predicted molar refractivity (Wildman–Crippen MR) is 158 cm³/mol. The van der Waals surface area contributed by atoms with E-state index in [1.165, 1.54) is 23.5 Å². The Hall–Kier alpha value is -4.51. The molecule has 10 nitrogen and oxygen atoms in total. The lowest BCUT2D eigenvalue weighted by Crippen LogP contribution is -2.21. The smallest absolute Gasteiger partial charge is 0.412 e. The third-order valence-corrected chi connectivity index (χ3v) is 6.51. The highest BCUT2D eigenvalue weighted by Crippen LogP contribution is 2.32. The van der Waals surface area contributed by atoms with Crippen molar-refractivity contribution >= 4 is 41.2 Å². The van der Waals surface area contributed by atoms with Crippen LogP contribution in [0.1, 0.15) is 33.3 Å². The zero-order valence-corrected chi connectivity index (χ0v) is 23.8. The monoisotopic (exact) mass is 560 g/mol. The molecule has 0 aliphatic rings. The van der Waals surface area contributed by atoms with Crippen LogP contribution < -0.4 is 20.7 Å². The molecule has 40 heavy (non-hydrogen) atoms. The molecule has 0 fully saturated rings. The van der Waals surface area contributed by atoms with Gasteiger partial charge in [0.05, 0.1) is 24.2 Å².